The molecule has 2 heterocycles. The van der Waals surface area contributed by atoms with Gasteiger partial charge in [0, 0.05) is 22.7 Å². The van der Waals surface area contributed by atoms with Gasteiger partial charge in [-0.05, 0) is 36.4 Å². The van der Waals surface area contributed by atoms with E-state index in [-0.39, 0.29) is 11.4 Å². The number of non-ortho nitro benzene ring substituents is 1. The second kappa shape index (κ2) is 5.92. The molecule has 0 unspecified atom stereocenters. The molecule has 0 saturated carbocycles. The van der Waals surface area contributed by atoms with E-state index in [4.69, 9.17) is 16.4 Å². The number of halogens is 1. The second-order valence-electron chi connectivity index (χ2n) is 5.77. The van der Waals surface area contributed by atoms with Crippen molar-refractivity contribution in [1.29, 1.82) is 0 Å². The first-order valence-corrected chi connectivity index (χ1v) is 7.97. The summed E-state index contributed by atoms with van der Waals surface area (Å²) >= 11 is 5.85. The van der Waals surface area contributed by atoms with Gasteiger partial charge in [-0.2, -0.15) is 0 Å². The van der Waals surface area contributed by atoms with E-state index in [1.54, 1.807) is 24.3 Å². The van der Waals surface area contributed by atoms with E-state index in [0.29, 0.717) is 16.3 Å². The Bertz CT molecular complexity index is 955. The van der Waals surface area contributed by atoms with Crippen LogP contribution in [0.4, 0.5) is 11.4 Å². The van der Waals surface area contributed by atoms with Crippen molar-refractivity contribution in [1.82, 2.24) is 0 Å². The predicted octanol–water partition coefficient (Wildman–Crippen LogP) is 2.54. The number of hydrogen-bond donors (Lipinski definition) is 0. The lowest BCUT2D eigenvalue weighted by atomic mass is 9.94. The van der Waals surface area contributed by atoms with Crippen molar-refractivity contribution in [3.63, 3.8) is 0 Å². The first-order valence-electron chi connectivity index (χ1n) is 7.59. The third-order valence-electron chi connectivity index (χ3n) is 4.27. The highest BCUT2D eigenvalue weighted by atomic mass is 35.5. The predicted molar refractivity (Wildman–Crippen MR) is 91.9 cm³/mol. The van der Waals surface area contributed by atoms with Crippen molar-refractivity contribution >= 4 is 40.5 Å². The molecule has 4 rings (SSSR count). The fourth-order valence-electron chi connectivity index (χ4n) is 3.01. The molecule has 8 nitrogen and oxygen atoms in total. The van der Waals surface area contributed by atoms with Gasteiger partial charge in [-0.1, -0.05) is 16.8 Å². The largest absolute Gasteiger partial charge is 0.381 e. The molecule has 2 aromatic rings. The van der Waals surface area contributed by atoms with Crippen LogP contribution in [0.1, 0.15) is 5.56 Å². The van der Waals surface area contributed by atoms with Crippen molar-refractivity contribution in [2.45, 2.75) is 6.10 Å². The molecule has 130 valence electrons. The van der Waals surface area contributed by atoms with Crippen molar-refractivity contribution < 1.29 is 19.3 Å². The number of anilines is 1. The van der Waals surface area contributed by atoms with Gasteiger partial charge < -0.3 is 4.84 Å². The van der Waals surface area contributed by atoms with E-state index in [1.165, 1.54) is 24.3 Å². The Kier molecular flexibility index (Phi) is 3.69. The molecule has 0 aliphatic carbocycles. The summed E-state index contributed by atoms with van der Waals surface area (Å²) in [5.74, 6) is -1.86. The van der Waals surface area contributed by atoms with Crippen LogP contribution in [-0.4, -0.2) is 28.6 Å². The van der Waals surface area contributed by atoms with Gasteiger partial charge in [0.15, 0.2) is 0 Å². The fraction of sp³-hybridized carbons (Fsp3) is 0.118. The van der Waals surface area contributed by atoms with Crippen LogP contribution in [0.3, 0.4) is 0 Å². The number of rotatable bonds is 3. The number of nitro benzene ring substituents is 1. The Morgan fingerprint density at radius 2 is 1.69 bits per heavy atom. The number of fused-ring (bicyclic) bond motifs is 1. The van der Waals surface area contributed by atoms with Crippen LogP contribution in [0.15, 0.2) is 53.7 Å². The summed E-state index contributed by atoms with van der Waals surface area (Å²) in [5, 5.41) is 15.1. The molecule has 0 N–H and O–H groups in total. The molecule has 2 aliphatic heterocycles. The number of oxime groups is 1. The van der Waals surface area contributed by atoms with Gasteiger partial charge >= 0.3 is 0 Å². The number of imide groups is 1. The van der Waals surface area contributed by atoms with Crippen molar-refractivity contribution in [2.24, 2.45) is 11.1 Å². The molecule has 0 aromatic heterocycles. The van der Waals surface area contributed by atoms with Gasteiger partial charge in [0.25, 0.3) is 11.6 Å². The summed E-state index contributed by atoms with van der Waals surface area (Å²) in [6.07, 6.45) is -1.04. The normalized spacial score (nSPS) is 21.4. The van der Waals surface area contributed by atoms with Crippen molar-refractivity contribution in [3.8, 4) is 0 Å². The maximum atomic E-state index is 12.8. The molecule has 26 heavy (non-hydrogen) atoms. The zero-order valence-corrected chi connectivity index (χ0v) is 13.8. The Morgan fingerprint density at radius 1 is 1.04 bits per heavy atom. The molecule has 2 aliphatic rings. The molecule has 1 saturated heterocycles. The monoisotopic (exact) mass is 371 g/mol. The minimum Gasteiger partial charge on any atom is -0.381 e. The van der Waals surface area contributed by atoms with Crippen LogP contribution in [0.2, 0.25) is 5.02 Å². The summed E-state index contributed by atoms with van der Waals surface area (Å²) in [5.41, 5.74) is 1.08. The summed E-state index contributed by atoms with van der Waals surface area (Å²) in [6, 6.07) is 11.9. The molecule has 0 spiro atoms. The molecule has 1 fully saturated rings. The maximum Gasteiger partial charge on any atom is 0.278 e. The Morgan fingerprint density at radius 3 is 2.31 bits per heavy atom. The van der Waals surface area contributed by atoms with E-state index < -0.39 is 28.8 Å². The molecule has 2 aromatic carbocycles. The highest BCUT2D eigenvalue weighted by Gasteiger charge is 2.56. The lowest BCUT2D eigenvalue weighted by Gasteiger charge is -2.15. The summed E-state index contributed by atoms with van der Waals surface area (Å²) in [7, 11) is 0. The zero-order chi connectivity index (χ0) is 18.4. The topological polar surface area (TPSA) is 102 Å². The molecular weight excluding hydrogens is 362 g/mol. The van der Waals surface area contributed by atoms with E-state index in [9.17, 15) is 19.7 Å². The number of benzene rings is 2. The lowest BCUT2D eigenvalue weighted by Crippen LogP contribution is -2.33. The molecule has 0 radical (unpaired) electrons. The van der Waals surface area contributed by atoms with Crippen molar-refractivity contribution in [3.05, 3.63) is 69.2 Å². The number of amides is 2. The summed E-state index contributed by atoms with van der Waals surface area (Å²) < 4.78 is 0. The maximum absolute atomic E-state index is 12.8. The molecule has 2 atom stereocenters. The highest BCUT2D eigenvalue weighted by molar-refractivity contribution is 6.33. The van der Waals surface area contributed by atoms with E-state index >= 15 is 0 Å². The van der Waals surface area contributed by atoms with Crippen LogP contribution in [-0.2, 0) is 14.4 Å². The number of carbonyl (C=O) groups is 2. The standard InChI is InChI=1S/C17H10ClN3O5/c18-10-3-7-11(8-4-10)20-16(22)13-14(19-26-15(13)17(20)23)9-1-5-12(6-2-9)21(24)25/h1-8,13,15H/t13-,15-/m0/s1. The molecule has 0 bridgehead atoms. The van der Waals surface area contributed by atoms with Crippen LogP contribution < -0.4 is 4.90 Å². The van der Waals surface area contributed by atoms with Crippen LogP contribution in [0.25, 0.3) is 0 Å². The van der Waals surface area contributed by atoms with Gasteiger partial charge in [0.1, 0.15) is 11.6 Å². The van der Waals surface area contributed by atoms with Crippen LogP contribution in [0.5, 0.6) is 0 Å². The van der Waals surface area contributed by atoms with Gasteiger partial charge in [-0.25, -0.2) is 4.90 Å². The smallest absolute Gasteiger partial charge is 0.278 e. The number of hydrogen-bond acceptors (Lipinski definition) is 6. The minimum absolute atomic E-state index is 0.0820. The van der Waals surface area contributed by atoms with Gasteiger partial charge in [-0.15, -0.1) is 0 Å². The van der Waals surface area contributed by atoms with Gasteiger partial charge in [0.2, 0.25) is 12.0 Å². The van der Waals surface area contributed by atoms with Gasteiger partial charge in [0.05, 0.1) is 10.6 Å². The minimum atomic E-state index is -1.04. The van der Waals surface area contributed by atoms with Crippen molar-refractivity contribution in [2.75, 3.05) is 4.90 Å². The van der Waals surface area contributed by atoms with Crippen LogP contribution >= 0.6 is 11.6 Å². The van der Waals surface area contributed by atoms with E-state index in [0.717, 1.165) is 4.90 Å². The molecular formula is C17H10ClN3O5. The lowest BCUT2D eigenvalue weighted by molar-refractivity contribution is -0.384. The van der Waals surface area contributed by atoms with E-state index in [1.807, 2.05) is 0 Å². The van der Waals surface area contributed by atoms with E-state index in [2.05, 4.69) is 5.16 Å². The second-order valence-corrected chi connectivity index (χ2v) is 6.21. The highest BCUT2D eigenvalue weighted by Crippen LogP contribution is 2.35. The molecule has 9 heteroatoms. The fourth-order valence-corrected chi connectivity index (χ4v) is 3.14. The quantitative estimate of drug-likeness (QED) is 0.468. The first kappa shape index (κ1) is 16.2. The SMILES string of the molecule is O=C1[C@H]2C(c3ccc([N+](=O)[O-])cc3)=NO[C@@H]2C(=O)N1c1ccc(Cl)cc1. The number of carbonyl (C=O) groups excluding carboxylic acids is 2. The van der Waals surface area contributed by atoms with Crippen LogP contribution in [0, 0.1) is 16.0 Å². The van der Waals surface area contributed by atoms with Gasteiger partial charge in [-0.3, -0.25) is 19.7 Å². The average molecular weight is 372 g/mol. The molecule has 2 amide bonds. The Labute approximate surface area is 151 Å². The number of nitrogens with zero attached hydrogens (tertiary/aromatic N) is 3. The summed E-state index contributed by atoms with van der Waals surface area (Å²) in [4.78, 5) is 41.9. The Balaban J connectivity index is 1.66. The first-order chi connectivity index (χ1) is 12.5. The average Bonchev–Trinajstić information content (AvgIpc) is 3.17. The third-order valence-corrected chi connectivity index (χ3v) is 4.52. The Hall–Kier alpha value is -3.26. The number of nitro groups is 1. The third kappa shape index (κ3) is 2.42. The summed E-state index contributed by atoms with van der Waals surface area (Å²) in [6.45, 7) is 0. The zero-order valence-electron chi connectivity index (χ0n) is 13.0.